The van der Waals surface area contributed by atoms with Gasteiger partial charge in [0, 0.05) is 0 Å². The number of oxazole rings is 1. The van der Waals surface area contributed by atoms with Crippen LogP contribution in [0.15, 0.2) is 27.8 Å². The van der Waals surface area contributed by atoms with Crippen LogP contribution in [0.5, 0.6) is 0 Å². The lowest BCUT2D eigenvalue weighted by Gasteiger charge is -1.97. The number of benzene rings is 1. The molecule has 1 heterocycles. The number of fused-ring (bicyclic) bond motifs is 1. The first-order chi connectivity index (χ1) is 6.79. The van der Waals surface area contributed by atoms with E-state index < -0.39 is 0 Å². The van der Waals surface area contributed by atoms with Gasteiger partial charge in [-0.05, 0) is 17.7 Å². The molecule has 72 valence electrons. The first kappa shape index (κ1) is 9.08. The number of carbonyl (C=O) groups excluding carboxylic acids is 1. The van der Waals surface area contributed by atoms with Gasteiger partial charge >= 0.3 is 0 Å². The van der Waals surface area contributed by atoms with Crippen molar-refractivity contribution >= 4 is 30.2 Å². The van der Waals surface area contributed by atoms with E-state index in [1.165, 1.54) is 0 Å². The zero-order valence-corrected chi connectivity index (χ0v) is 8.03. The SMILES string of the molecule is O=COCc1ccc2nc(S)oc2c1. The molecule has 0 bridgehead atoms. The fourth-order valence-electron chi connectivity index (χ4n) is 1.18. The standard InChI is InChI=1S/C9H7NO3S/c11-5-12-4-6-1-2-7-8(3-6)13-9(14)10-7/h1-3,5H,4H2,(H,10,14). The van der Waals surface area contributed by atoms with Crippen LogP contribution in [0, 0.1) is 0 Å². The van der Waals surface area contributed by atoms with Crippen LogP contribution in [0.4, 0.5) is 0 Å². The molecule has 0 saturated heterocycles. The third kappa shape index (κ3) is 1.72. The van der Waals surface area contributed by atoms with Crippen LogP contribution in [0.2, 0.25) is 0 Å². The second-order valence-corrected chi connectivity index (χ2v) is 3.09. The Morgan fingerprint density at radius 3 is 3.21 bits per heavy atom. The largest absolute Gasteiger partial charge is 0.463 e. The maximum atomic E-state index is 9.98. The number of rotatable bonds is 3. The molecule has 0 N–H and O–H groups in total. The normalized spacial score (nSPS) is 10.4. The Bertz CT molecular complexity index is 466. The fraction of sp³-hybridized carbons (Fsp3) is 0.111. The van der Waals surface area contributed by atoms with Gasteiger partial charge in [0.05, 0.1) is 0 Å². The Morgan fingerprint density at radius 1 is 1.57 bits per heavy atom. The van der Waals surface area contributed by atoms with Crippen molar-refractivity contribution in [2.75, 3.05) is 0 Å². The number of ether oxygens (including phenoxy) is 1. The van der Waals surface area contributed by atoms with Crippen molar-refractivity contribution < 1.29 is 13.9 Å². The van der Waals surface area contributed by atoms with Crippen molar-refractivity contribution in [3.05, 3.63) is 23.8 Å². The van der Waals surface area contributed by atoms with Gasteiger partial charge in [-0.2, -0.15) is 0 Å². The van der Waals surface area contributed by atoms with E-state index in [2.05, 4.69) is 22.3 Å². The molecule has 2 rings (SSSR count). The molecule has 0 unspecified atom stereocenters. The smallest absolute Gasteiger partial charge is 0.293 e. The van der Waals surface area contributed by atoms with Crippen LogP contribution in [0.1, 0.15) is 5.56 Å². The van der Waals surface area contributed by atoms with Gasteiger partial charge in [0.1, 0.15) is 12.1 Å². The van der Waals surface area contributed by atoms with E-state index in [9.17, 15) is 4.79 Å². The van der Waals surface area contributed by atoms with E-state index in [0.717, 1.165) is 11.1 Å². The van der Waals surface area contributed by atoms with Crippen molar-refractivity contribution in [3.63, 3.8) is 0 Å². The summed E-state index contributed by atoms with van der Waals surface area (Å²) in [5.74, 6) is 0. The lowest BCUT2D eigenvalue weighted by atomic mass is 10.2. The second kappa shape index (κ2) is 3.71. The summed E-state index contributed by atoms with van der Waals surface area (Å²) in [4.78, 5) is 14.0. The number of nitrogens with zero attached hydrogens (tertiary/aromatic N) is 1. The molecule has 0 atom stereocenters. The van der Waals surface area contributed by atoms with Crippen molar-refractivity contribution in [2.24, 2.45) is 0 Å². The van der Waals surface area contributed by atoms with Crippen LogP contribution in [0.25, 0.3) is 11.1 Å². The Hall–Kier alpha value is -1.49. The zero-order valence-electron chi connectivity index (χ0n) is 7.14. The highest BCUT2D eigenvalue weighted by atomic mass is 32.1. The van der Waals surface area contributed by atoms with Gasteiger partial charge in [0.25, 0.3) is 11.7 Å². The molecule has 4 nitrogen and oxygen atoms in total. The molecule has 1 aromatic carbocycles. The lowest BCUT2D eigenvalue weighted by molar-refractivity contribution is -0.129. The van der Waals surface area contributed by atoms with Crippen LogP contribution >= 0.6 is 12.6 Å². The predicted molar refractivity (Wildman–Crippen MR) is 52.1 cm³/mol. The first-order valence-electron chi connectivity index (χ1n) is 3.93. The van der Waals surface area contributed by atoms with E-state index in [1.807, 2.05) is 6.07 Å². The minimum Gasteiger partial charge on any atom is -0.463 e. The number of hydrogen-bond donors (Lipinski definition) is 1. The summed E-state index contributed by atoms with van der Waals surface area (Å²) in [7, 11) is 0. The third-order valence-corrected chi connectivity index (χ3v) is 1.95. The quantitative estimate of drug-likeness (QED) is 0.618. The van der Waals surface area contributed by atoms with Crippen LogP contribution < -0.4 is 0 Å². The van der Waals surface area contributed by atoms with E-state index in [0.29, 0.717) is 17.3 Å². The topological polar surface area (TPSA) is 52.3 Å². The predicted octanol–water partition coefficient (Wildman–Crippen LogP) is 1.79. The molecule has 1 aromatic heterocycles. The molecule has 0 aliphatic rings. The first-order valence-corrected chi connectivity index (χ1v) is 4.38. The van der Waals surface area contributed by atoms with Crippen LogP contribution in [0.3, 0.4) is 0 Å². The summed E-state index contributed by atoms with van der Waals surface area (Å²) in [6.45, 7) is 0.649. The summed E-state index contributed by atoms with van der Waals surface area (Å²) < 4.78 is 9.81. The fourth-order valence-corrected chi connectivity index (χ4v) is 1.38. The van der Waals surface area contributed by atoms with Crippen molar-refractivity contribution in [1.29, 1.82) is 0 Å². The minimum atomic E-state index is 0.238. The second-order valence-electron chi connectivity index (χ2n) is 2.71. The minimum absolute atomic E-state index is 0.238. The Balaban J connectivity index is 2.35. The average molecular weight is 209 g/mol. The molecule has 0 fully saturated rings. The van der Waals surface area contributed by atoms with E-state index in [4.69, 9.17) is 4.42 Å². The Morgan fingerprint density at radius 2 is 2.43 bits per heavy atom. The molecule has 0 aliphatic heterocycles. The van der Waals surface area contributed by atoms with Gasteiger partial charge in [-0.3, -0.25) is 4.79 Å². The highest BCUT2D eigenvalue weighted by molar-refractivity contribution is 7.80. The summed E-state index contributed by atoms with van der Waals surface area (Å²) in [5.41, 5.74) is 2.24. The van der Waals surface area contributed by atoms with Crippen LogP contribution in [-0.4, -0.2) is 11.5 Å². The Labute approximate surface area is 85.3 Å². The highest BCUT2D eigenvalue weighted by Crippen LogP contribution is 2.19. The molecule has 0 aliphatic carbocycles. The molecular weight excluding hydrogens is 202 g/mol. The van der Waals surface area contributed by atoms with E-state index in [-0.39, 0.29) is 6.61 Å². The highest BCUT2D eigenvalue weighted by Gasteiger charge is 2.03. The molecule has 0 radical (unpaired) electrons. The molecule has 14 heavy (non-hydrogen) atoms. The summed E-state index contributed by atoms with van der Waals surface area (Å²) >= 11 is 3.98. The van der Waals surface area contributed by atoms with Crippen molar-refractivity contribution in [3.8, 4) is 0 Å². The van der Waals surface area contributed by atoms with Gasteiger partial charge < -0.3 is 9.15 Å². The number of thiol groups is 1. The maximum absolute atomic E-state index is 9.98. The summed E-state index contributed by atoms with van der Waals surface area (Å²) in [5, 5.41) is 0.327. The zero-order chi connectivity index (χ0) is 9.97. The molecular formula is C9H7NO3S. The number of aromatic nitrogens is 1. The summed E-state index contributed by atoms with van der Waals surface area (Å²) in [6, 6.07) is 5.38. The van der Waals surface area contributed by atoms with E-state index in [1.54, 1.807) is 12.1 Å². The number of carbonyl (C=O) groups is 1. The van der Waals surface area contributed by atoms with Gasteiger partial charge in [-0.25, -0.2) is 4.98 Å². The molecule has 5 heteroatoms. The summed E-state index contributed by atoms with van der Waals surface area (Å²) in [6.07, 6.45) is 0. The van der Waals surface area contributed by atoms with Crippen LogP contribution in [-0.2, 0) is 16.1 Å². The molecule has 0 saturated carbocycles. The van der Waals surface area contributed by atoms with Crippen molar-refractivity contribution in [1.82, 2.24) is 4.98 Å². The molecule has 0 amide bonds. The van der Waals surface area contributed by atoms with Crippen molar-refractivity contribution in [2.45, 2.75) is 11.8 Å². The van der Waals surface area contributed by atoms with Gasteiger partial charge in [-0.15, -0.1) is 0 Å². The van der Waals surface area contributed by atoms with Gasteiger partial charge in [0.15, 0.2) is 5.58 Å². The van der Waals surface area contributed by atoms with Gasteiger partial charge in [-0.1, -0.05) is 18.7 Å². The number of hydrogen-bond acceptors (Lipinski definition) is 5. The monoisotopic (exact) mass is 209 g/mol. The average Bonchev–Trinajstić information content (AvgIpc) is 2.54. The van der Waals surface area contributed by atoms with E-state index >= 15 is 0 Å². The Kier molecular flexibility index (Phi) is 2.41. The third-order valence-electron chi connectivity index (χ3n) is 1.76. The lowest BCUT2D eigenvalue weighted by Crippen LogP contribution is -1.89. The maximum Gasteiger partial charge on any atom is 0.293 e. The molecule has 0 spiro atoms. The van der Waals surface area contributed by atoms with Gasteiger partial charge in [0.2, 0.25) is 0 Å². The molecule has 2 aromatic rings.